The summed E-state index contributed by atoms with van der Waals surface area (Å²) in [6.45, 7) is 2.25. The molecule has 0 aromatic heterocycles. The predicted molar refractivity (Wildman–Crippen MR) is 96.3 cm³/mol. The lowest BCUT2D eigenvalue weighted by Gasteiger charge is -2.12. The van der Waals surface area contributed by atoms with Gasteiger partial charge in [-0.05, 0) is 42.8 Å². The van der Waals surface area contributed by atoms with E-state index >= 15 is 0 Å². The molecule has 0 fully saturated rings. The second-order valence-corrected chi connectivity index (χ2v) is 5.31. The number of benzene rings is 2. The summed E-state index contributed by atoms with van der Waals surface area (Å²) in [5.41, 5.74) is 5.01. The van der Waals surface area contributed by atoms with E-state index in [0.717, 1.165) is 6.42 Å². The second-order valence-electron chi connectivity index (χ2n) is 5.31. The van der Waals surface area contributed by atoms with E-state index in [2.05, 4.69) is 10.9 Å². The molecule has 138 valence electrons. The lowest BCUT2D eigenvalue weighted by atomic mass is 10.2. The average Bonchev–Trinajstić information content (AvgIpc) is 2.69. The van der Waals surface area contributed by atoms with E-state index in [9.17, 15) is 9.59 Å². The van der Waals surface area contributed by atoms with Gasteiger partial charge >= 0.3 is 0 Å². The first-order valence-electron chi connectivity index (χ1n) is 8.22. The Morgan fingerprint density at radius 1 is 0.923 bits per heavy atom. The molecular weight excluding hydrogens is 336 g/mol. The Hall–Kier alpha value is -3.22. The van der Waals surface area contributed by atoms with Crippen LogP contribution in [-0.4, -0.2) is 32.1 Å². The van der Waals surface area contributed by atoms with Gasteiger partial charge in [0.15, 0.2) is 6.61 Å². The monoisotopic (exact) mass is 358 g/mol. The molecule has 0 spiro atoms. The van der Waals surface area contributed by atoms with Crippen molar-refractivity contribution in [2.75, 3.05) is 20.3 Å². The summed E-state index contributed by atoms with van der Waals surface area (Å²) in [6, 6.07) is 13.7. The molecule has 0 saturated carbocycles. The highest BCUT2D eigenvalue weighted by atomic mass is 16.5. The van der Waals surface area contributed by atoms with Gasteiger partial charge in [0, 0.05) is 0 Å². The van der Waals surface area contributed by atoms with Crippen LogP contribution >= 0.6 is 0 Å². The van der Waals surface area contributed by atoms with E-state index in [1.165, 1.54) is 0 Å². The molecule has 26 heavy (non-hydrogen) atoms. The molecule has 7 heteroatoms. The third-order valence-corrected chi connectivity index (χ3v) is 3.34. The number of hydrazine groups is 1. The zero-order valence-corrected chi connectivity index (χ0v) is 14.8. The zero-order valence-electron chi connectivity index (χ0n) is 14.8. The number of para-hydroxylation sites is 1. The molecule has 0 heterocycles. The smallest absolute Gasteiger partial charge is 0.276 e. The van der Waals surface area contributed by atoms with Crippen LogP contribution in [0.15, 0.2) is 48.5 Å². The standard InChI is InChI=1S/C19H22N2O5/c1-3-12-25-17-7-5-4-6-16(17)19(23)21-20-18(22)13-26-15-10-8-14(24-2)9-11-15/h4-11H,3,12-13H2,1-2H3,(H,20,22)(H,21,23). The fourth-order valence-electron chi connectivity index (χ4n) is 2.04. The second kappa shape index (κ2) is 9.93. The Balaban J connectivity index is 1.82. The van der Waals surface area contributed by atoms with Crippen LogP contribution in [0.2, 0.25) is 0 Å². The maximum Gasteiger partial charge on any atom is 0.276 e. The summed E-state index contributed by atoms with van der Waals surface area (Å²) in [4.78, 5) is 24.0. The van der Waals surface area contributed by atoms with Crippen molar-refractivity contribution in [2.45, 2.75) is 13.3 Å². The fourth-order valence-corrected chi connectivity index (χ4v) is 2.04. The third kappa shape index (κ3) is 5.70. The molecule has 2 amide bonds. The van der Waals surface area contributed by atoms with Gasteiger partial charge in [-0.1, -0.05) is 19.1 Å². The molecule has 0 atom stereocenters. The zero-order chi connectivity index (χ0) is 18.8. The first-order valence-corrected chi connectivity index (χ1v) is 8.22. The Morgan fingerprint density at radius 2 is 1.62 bits per heavy atom. The van der Waals surface area contributed by atoms with Gasteiger partial charge in [-0.3, -0.25) is 20.4 Å². The van der Waals surface area contributed by atoms with Gasteiger partial charge in [0.25, 0.3) is 11.8 Å². The minimum atomic E-state index is -0.485. The van der Waals surface area contributed by atoms with Crippen LogP contribution in [0.1, 0.15) is 23.7 Å². The quantitative estimate of drug-likeness (QED) is 0.708. The third-order valence-electron chi connectivity index (χ3n) is 3.34. The van der Waals surface area contributed by atoms with E-state index in [1.807, 2.05) is 6.92 Å². The number of methoxy groups -OCH3 is 1. The summed E-state index contributed by atoms with van der Waals surface area (Å²) in [5.74, 6) is 0.731. The maximum atomic E-state index is 12.2. The maximum absolute atomic E-state index is 12.2. The summed E-state index contributed by atoms with van der Waals surface area (Å²) in [7, 11) is 1.57. The minimum absolute atomic E-state index is 0.236. The lowest BCUT2D eigenvalue weighted by Crippen LogP contribution is -2.43. The van der Waals surface area contributed by atoms with E-state index in [0.29, 0.717) is 29.4 Å². The van der Waals surface area contributed by atoms with Crippen molar-refractivity contribution < 1.29 is 23.8 Å². The van der Waals surface area contributed by atoms with Crippen molar-refractivity contribution in [1.29, 1.82) is 0 Å². The van der Waals surface area contributed by atoms with Crippen molar-refractivity contribution in [3.8, 4) is 17.2 Å². The molecule has 2 aromatic carbocycles. The van der Waals surface area contributed by atoms with Crippen LogP contribution in [0, 0.1) is 0 Å². The van der Waals surface area contributed by atoms with Crippen molar-refractivity contribution in [3.63, 3.8) is 0 Å². The number of rotatable bonds is 8. The van der Waals surface area contributed by atoms with Gasteiger partial charge in [-0.25, -0.2) is 0 Å². The van der Waals surface area contributed by atoms with E-state index in [1.54, 1.807) is 55.6 Å². The molecule has 0 aliphatic heterocycles. The first-order chi connectivity index (χ1) is 12.6. The van der Waals surface area contributed by atoms with Crippen molar-refractivity contribution in [2.24, 2.45) is 0 Å². The number of ether oxygens (including phenoxy) is 3. The molecule has 0 unspecified atom stereocenters. The predicted octanol–water partition coefficient (Wildman–Crippen LogP) is 2.32. The number of nitrogens with one attached hydrogen (secondary N) is 2. The first kappa shape index (κ1) is 19.1. The fraction of sp³-hybridized carbons (Fsp3) is 0.263. The van der Waals surface area contributed by atoms with Crippen LogP contribution in [0.3, 0.4) is 0 Å². The molecule has 0 saturated heterocycles. The average molecular weight is 358 g/mol. The molecule has 2 aromatic rings. The minimum Gasteiger partial charge on any atom is -0.497 e. The van der Waals surface area contributed by atoms with Crippen LogP contribution in [-0.2, 0) is 4.79 Å². The largest absolute Gasteiger partial charge is 0.497 e. The summed E-state index contributed by atoms with van der Waals surface area (Å²) in [5, 5.41) is 0. The van der Waals surface area contributed by atoms with Crippen LogP contribution in [0.4, 0.5) is 0 Å². The Morgan fingerprint density at radius 3 is 2.31 bits per heavy atom. The molecular formula is C19H22N2O5. The molecule has 0 bridgehead atoms. The Kier molecular flexibility index (Phi) is 7.30. The van der Waals surface area contributed by atoms with Gasteiger partial charge < -0.3 is 14.2 Å². The number of amides is 2. The van der Waals surface area contributed by atoms with Crippen molar-refractivity contribution in [3.05, 3.63) is 54.1 Å². The molecule has 0 aliphatic rings. The number of carbonyl (C=O) groups is 2. The van der Waals surface area contributed by atoms with Gasteiger partial charge in [0.1, 0.15) is 17.2 Å². The normalized spacial score (nSPS) is 9.92. The van der Waals surface area contributed by atoms with Gasteiger partial charge in [-0.2, -0.15) is 0 Å². The van der Waals surface area contributed by atoms with E-state index in [-0.39, 0.29) is 6.61 Å². The Labute approximate surface area is 152 Å². The van der Waals surface area contributed by atoms with Gasteiger partial charge in [0.05, 0.1) is 19.3 Å². The SMILES string of the molecule is CCCOc1ccccc1C(=O)NNC(=O)COc1ccc(OC)cc1. The molecule has 7 nitrogen and oxygen atoms in total. The van der Waals surface area contributed by atoms with Crippen molar-refractivity contribution >= 4 is 11.8 Å². The van der Waals surface area contributed by atoms with Crippen LogP contribution in [0.25, 0.3) is 0 Å². The highest BCUT2D eigenvalue weighted by molar-refractivity contribution is 5.97. The van der Waals surface area contributed by atoms with Crippen LogP contribution < -0.4 is 25.1 Å². The van der Waals surface area contributed by atoms with E-state index in [4.69, 9.17) is 14.2 Å². The molecule has 0 aliphatic carbocycles. The number of hydrogen-bond acceptors (Lipinski definition) is 5. The summed E-state index contributed by atoms with van der Waals surface area (Å²) in [6.07, 6.45) is 0.829. The topological polar surface area (TPSA) is 85.9 Å². The molecule has 2 N–H and O–H groups in total. The highest BCUT2D eigenvalue weighted by Crippen LogP contribution is 2.18. The van der Waals surface area contributed by atoms with Gasteiger partial charge in [0.2, 0.25) is 0 Å². The molecule has 0 radical (unpaired) electrons. The van der Waals surface area contributed by atoms with Crippen molar-refractivity contribution in [1.82, 2.24) is 10.9 Å². The number of hydrogen-bond donors (Lipinski definition) is 2. The number of carbonyl (C=O) groups excluding carboxylic acids is 2. The van der Waals surface area contributed by atoms with Crippen LogP contribution in [0.5, 0.6) is 17.2 Å². The molecule has 2 rings (SSSR count). The van der Waals surface area contributed by atoms with Gasteiger partial charge in [-0.15, -0.1) is 0 Å². The lowest BCUT2D eigenvalue weighted by molar-refractivity contribution is -0.123. The van der Waals surface area contributed by atoms with E-state index < -0.39 is 11.8 Å². The summed E-state index contributed by atoms with van der Waals surface area (Å²) >= 11 is 0. The summed E-state index contributed by atoms with van der Waals surface area (Å²) < 4.78 is 15.9. The highest BCUT2D eigenvalue weighted by Gasteiger charge is 2.13. The Bertz CT molecular complexity index is 731.